The lowest BCUT2D eigenvalue weighted by molar-refractivity contribution is 0.256. The second kappa shape index (κ2) is 5.18. The summed E-state index contributed by atoms with van der Waals surface area (Å²) in [4.78, 5) is 9.00. The van der Waals surface area contributed by atoms with Crippen molar-refractivity contribution in [2.24, 2.45) is 11.5 Å². The van der Waals surface area contributed by atoms with Gasteiger partial charge in [0.2, 0.25) is 0 Å². The van der Waals surface area contributed by atoms with E-state index in [0.717, 1.165) is 0 Å². The fraction of sp³-hybridized carbons (Fsp3) is 0.222. The highest BCUT2D eigenvalue weighted by atomic mass is 16.2. The number of carbonyl (C=O) groups is 1. The molecule has 2 amide bonds. The molecular formula is C9H14N2O. The van der Waals surface area contributed by atoms with E-state index in [0.29, 0.717) is 0 Å². The first-order chi connectivity index (χ1) is 5.52. The zero-order valence-electron chi connectivity index (χ0n) is 7.37. The SMILES string of the molecule is Cc1ccc(C)cc1.NC(N)=O. The predicted octanol–water partition coefficient (Wildman–Crippen LogP) is 1.33. The molecule has 3 nitrogen and oxygen atoms in total. The van der Waals surface area contributed by atoms with Gasteiger partial charge in [-0.1, -0.05) is 35.4 Å². The highest BCUT2D eigenvalue weighted by Crippen LogP contribution is 1.99. The van der Waals surface area contributed by atoms with Gasteiger partial charge in [0.05, 0.1) is 0 Å². The molecule has 4 N–H and O–H groups in total. The Hall–Kier alpha value is -1.51. The summed E-state index contributed by atoms with van der Waals surface area (Å²) in [7, 11) is 0. The van der Waals surface area contributed by atoms with Crippen molar-refractivity contribution in [2.75, 3.05) is 0 Å². The normalized spacial score (nSPS) is 8.17. The number of amides is 2. The van der Waals surface area contributed by atoms with Gasteiger partial charge in [-0.3, -0.25) is 0 Å². The van der Waals surface area contributed by atoms with E-state index in [1.165, 1.54) is 11.1 Å². The van der Waals surface area contributed by atoms with Gasteiger partial charge in [-0.05, 0) is 13.8 Å². The number of primary amides is 2. The smallest absolute Gasteiger partial charge is 0.309 e. The van der Waals surface area contributed by atoms with Crippen molar-refractivity contribution in [1.29, 1.82) is 0 Å². The van der Waals surface area contributed by atoms with Gasteiger partial charge < -0.3 is 11.5 Å². The van der Waals surface area contributed by atoms with Gasteiger partial charge in [0.15, 0.2) is 0 Å². The molecule has 0 fully saturated rings. The average molecular weight is 166 g/mol. The maximum Gasteiger partial charge on any atom is 0.309 e. The molecule has 0 aliphatic rings. The monoisotopic (exact) mass is 166 g/mol. The molecule has 0 saturated carbocycles. The van der Waals surface area contributed by atoms with Crippen LogP contribution >= 0.6 is 0 Å². The second-order valence-electron chi connectivity index (χ2n) is 2.56. The summed E-state index contributed by atoms with van der Waals surface area (Å²) in [6.07, 6.45) is 0. The van der Waals surface area contributed by atoms with Crippen LogP contribution in [0.5, 0.6) is 0 Å². The van der Waals surface area contributed by atoms with E-state index in [-0.39, 0.29) is 0 Å². The fourth-order valence-electron chi connectivity index (χ4n) is 0.637. The van der Waals surface area contributed by atoms with Crippen LogP contribution < -0.4 is 11.5 Å². The van der Waals surface area contributed by atoms with E-state index in [9.17, 15) is 0 Å². The molecule has 1 aromatic rings. The van der Waals surface area contributed by atoms with Crippen molar-refractivity contribution in [1.82, 2.24) is 0 Å². The van der Waals surface area contributed by atoms with Crippen LogP contribution in [-0.4, -0.2) is 6.03 Å². The molecule has 0 unspecified atom stereocenters. The Morgan fingerprint density at radius 2 is 1.17 bits per heavy atom. The minimum atomic E-state index is -0.833. The lowest BCUT2D eigenvalue weighted by Crippen LogP contribution is -2.18. The molecule has 0 aliphatic carbocycles. The van der Waals surface area contributed by atoms with E-state index in [4.69, 9.17) is 4.79 Å². The zero-order valence-corrected chi connectivity index (χ0v) is 7.37. The summed E-state index contributed by atoms with van der Waals surface area (Å²) in [5, 5.41) is 0. The van der Waals surface area contributed by atoms with Crippen molar-refractivity contribution in [3.05, 3.63) is 35.4 Å². The van der Waals surface area contributed by atoms with Crippen molar-refractivity contribution in [3.63, 3.8) is 0 Å². The van der Waals surface area contributed by atoms with Crippen molar-refractivity contribution in [2.45, 2.75) is 13.8 Å². The molecule has 0 heterocycles. The van der Waals surface area contributed by atoms with Crippen LogP contribution in [0.3, 0.4) is 0 Å². The van der Waals surface area contributed by atoms with Crippen molar-refractivity contribution in [3.8, 4) is 0 Å². The minimum Gasteiger partial charge on any atom is -0.352 e. The number of hydrogen-bond acceptors (Lipinski definition) is 1. The third-order valence-electron chi connectivity index (χ3n) is 1.22. The molecule has 0 aromatic heterocycles. The Labute approximate surface area is 72.4 Å². The van der Waals surface area contributed by atoms with Gasteiger partial charge >= 0.3 is 6.03 Å². The van der Waals surface area contributed by atoms with Crippen molar-refractivity contribution < 1.29 is 4.79 Å². The maximum absolute atomic E-state index is 9.00. The standard InChI is InChI=1S/C8H10.CH4N2O/c1-7-3-5-8(2)6-4-7;2-1(3)4/h3-6H,1-2H3;(H4,2,3,4). The lowest BCUT2D eigenvalue weighted by Gasteiger charge is -1.90. The first kappa shape index (κ1) is 10.5. The maximum atomic E-state index is 9.00. The fourth-order valence-corrected chi connectivity index (χ4v) is 0.637. The lowest BCUT2D eigenvalue weighted by atomic mass is 10.2. The molecule has 12 heavy (non-hydrogen) atoms. The Morgan fingerprint density at radius 1 is 1.00 bits per heavy atom. The van der Waals surface area contributed by atoms with E-state index < -0.39 is 6.03 Å². The third kappa shape index (κ3) is 6.61. The molecule has 0 saturated heterocycles. The number of carbonyl (C=O) groups excluding carboxylic acids is 1. The number of aryl methyl sites for hydroxylation is 2. The Bertz CT molecular complexity index is 216. The molecule has 1 aromatic carbocycles. The first-order valence-corrected chi connectivity index (χ1v) is 3.60. The molecule has 0 radical (unpaired) electrons. The van der Waals surface area contributed by atoms with Crippen molar-refractivity contribution >= 4 is 6.03 Å². The zero-order chi connectivity index (χ0) is 9.56. The molecule has 3 heteroatoms. The molecule has 0 spiro atoms. The Morgan fingerprint density at radius 3 is 1.33 bits per heavy atom. The van der Waals surface area contributed by atoms with E-state index in [2.05, 4.69) is 49.6 Å². The van der Waals surface area contributed by atoms with Gasteiger partial charge in [0.1, 0.15) is 0 Å². The number of urea groups is 1. The predicted molar refractivity (Wildman–Crippen MR) is 49.7 cm³/mol. The van der Waals surface area contributed by atoms with Gasteiger partial charge in [-0.2, -0.15) is 0 Å². The van der Waals surface area contributed by atoms with Crippen LogP contribution in [0.4, 0.5) is 4.79 Å². The van der Waals surface area contributed by atoms with Crippen LogP contribution in [0.2, 0.25) is 0 Å². The van der Waals surface area contributed by atoms with E-state index >= 15 is 0 Å². The van der Waals surface area contributed by atoms with Crippen LogP contribution in [0.1, 0.15) is 11.1 Å². The second-order valence-corrected chi connectivity index (χ2v) is 2.56. The first-order valence-electron chi connectivity index (χ1n) is 3.60. The third-order valence-corrected chi connectivity index (χ3v) is 1.22. The Kier molecular flexibility index (Phi) is 4.53. The highest BCUT2D eigenvalue weighted by molar-refractivity contribution is 5.69. The summed E-state index contributed by atoms with van der Waals surface area (Å²) < 4.78 is 0. The topological polar surface area (TPSA) is 69.1 Å². The highest BCUT2D eigenvalue weighted by Gasteiger charge is 1.79. The number of nitrogens with two attached hydrogens (primary N) is 2. The van der Waals surface area contributed by atoms with Crippen LogP contribution in [0, 0.1) is 13.8 Å². The number of benzene rings is 1. The number of rotatable bonds is 0. The van der Waals surface area contributed by atoms with Gasteiger partial charge in [0, 0.05) is 0 Å². The molecular weight excluding hydrogens is 152 g/mol. The molecule has 0 atom stereocenters. The molecule has 0 aliphatic heterocycles. The van der Waals surface area contributed by atoms with Crippen LogP contribution in [0.25, 0.3) is 0 Å². The van der Waals surface area contributed by atoms with E-state index in [1.54, 1.807) is 0 Å². The van der Waals surface area contributed by atoms with Gasteiger partial charge in [-0.15, -0.1) is 0 Å². The van der Waals surface area contributed by atoms with Gasteiger partial charge in [-0.25, -0.2) is 4.79 Å². The van der Waals surface area contributed by atoms with Crippen LogP contribution in [0.15, 0.2) is 24.3 Å². The van der Waals surface area contributed by atoms with Gasteiger partial charge in [0.25, 0.3) is 0 Å². The Balaban J connectivity index is 0.000000261. The average Bonchev–Trinajstić information content (AvgIpc) is 1.94. The molecule has 1 rings (SSSR count). The summed E-state index contributed by atoms with van der Waals surface area (Å²) in [5.74, 6) is 0. The largest absolute Gasteiger partial charge is 0.352 e. The summed E-state index contributed by atoms with van der Waals surface area (Å²) in [5.41, 5.74) is 11.2. The molecule has 66 valence electrons. The summed E-state index contributed by atoms with van der Waals surface area (Å²) in [6.45, 7) is 4.19. The van der Waals surface area contributed by atoms with E-state index in [1.807, 2.05) is 0 Å². The summed E-state index contributed by atoms with van der Waals surface area (Å²) >= 11 is 0. The number of hydrogen-bond donors (Lipinski definition) is 2. The molecule has 0 bridgehead atoms. The van der Waals surface area contributed by atoms with Crippen LogP contribution in [-0.2, 0) is 0 Å². The minimum absolute atomic E-state index is 0.833. The summed E-state index contributed by atoms with van der Waals surface area (Å²) in [6, 6.07) is 7.65. The quantitative estimate of drug-likeness (QED) is 0.599.